The van der Waals surface area contributed by atoms with Crippen LogP contribution in [-0.4, -0.2) is 26.0 Å². The highest BCUT2D eigenvalue weighted by Crippen LogP contribution is 2.20. The molecule has 0 radical (unpaired) electrons. The number of hydrogen-bond acceptors (Lipinski definition) is 3. The predicted molar refractivity (Wildman–Crippen MR) is 67.0 cm³/mol. The van der Waals surface area contributed by atoms with Gasteiger partial charge in [-0.25, -0.2) is 21.9 Å². The third-order valence-corrected chi connectivity index (χ3v) is 5.34. The van der Waals surface area contributed by atoms with Crippen LogP contribution in [0.25, 0.3) is 0 Å². The highest BCUT2D eigenvalue weighted by Gasteiger charge is 2.23. The number of sulfonamides is 1. The van der Waals surface area contributed by atoms with E-state index in [1.54, 1.807) is 11.8 Å². The Morgan fingerprint density at radius 3 is 2.44 bits per heavy atom. The van der Waals surface area contributed by atoms with Gasteiger partial charge in [0.2, 0.25) is 10.0 Å². The van der Waals surface area contributed by atoms with Gasteiger partial charge in [-0.2, -0.15) is 11.8 Å². The minimum absolute atomic E-state index is 0.167. The third kappa shape index (κ3) is 3.43. The van der Waals surface area contributed by atoms with Crippen molar-refractivity contribution < 1.29 is 17.2 Å². The molecule has 1 heterocycles. The fraction of sp³-hybridized carbons (Fsp3) is 0.455. The first-order valence-electron chi connectivity index (χ1n) is 5.53. The van der Waals surface area contributed by atoms with E-state index in [1.807, 2.05) is 0 Å². The van der Waals surface area contributed by atoms with Gasteiger partial charge < -0.3 is 0 Å². The summed E-state index contributed by atoms with van der Waals surface area (Å²) in [5.74, 6) is -0.0779. The lowest BCUT2D eigenvalue weighted by Gasteiger charge is -2.22. The van der Waals surface area contributed by atoms with Gasteiger partial charge in [0.1, 0.15) is 11.6 Å². The van der Waals surface area contributed by atoms with Crippen molar-refractivity contribution in [2.75, 3.05) is 11.5 Å². The fourth-order valence-electron chi connectivity index (χ4n) is 1.80. The summed E-state index contributed by atoms with van der Waals surface area (Å²) < 4.78 is 52.4. The SMILES string of the molecule is O=S(=O)(NC1CCCSC1)c1cc(F)cc(F)c1. The van der Waals surface area contributed by atoms with E-state index in [9.17, 15) is 17.2 Å². The van der Waals surface area contributed by atoms with Crippen molar-refractivity contribution in [1.82, 2.24) is 4.72 Å². The zero-order chi connectivity index (χ0) is 13.2. The quantitative estimate of drug-likeness (QED) is 0.928. The lowest BCUT2D eigenvalue weighted by atomic mass is 10.2. The van der Waals surface area contributed by atoms with Crippen molar-refractivity contribution in [3.05, 3.63) is 29.8 Å². The van der Waals surface area contributed by atoms with Crippen molar-refractivity contribution in [2.24, 2.45) is 0 Å². The second kappa shape index (κ2) is 5.54. The van der Waals surface area contributed by atoms with Crippen LogP contribution < -0.4 is 4.72 Å². The number of hydrogen-bond donors (Lipinski definition) is 1. The van der Waals surface area contributed by atoms with E-state index < -0.39 is 21.7 Å². The van der Waals surface area contributed by atoms with Gasteiger partial charge in [-0.1, -0.05) is 0 Å². The third-order valence-electron chi connectivity index (χ3n) is 2.63. The van der Waals surface area contributed by atoms with Gasteiger partial charge in [-0.3, -0.25) is 0 Å². The molecule has 1 N–H and O–H groups in total. The Morgan fingerprint density at radius 1 is 1.22 bits per heavy atom. The lowest BCUT2D eigenvalue weighted by Crippen LogP contribution is -2.38. The van der Waals surface area contributed by atoms with Crippen LogP contribution in [0, 0.1) is 11.6 Å². The summed E-state index contributed by atoms with van der Waals surface area (Å²) in [6.45, 7) is 0. The van der Waals surface area contributed by atoms with E-state index in [2.05, 4.69) is 4.72 Å². The first-order chi connectivity index (χ1) is 8.47. The zero-order valence-corrected chi connectivity index (χ0v) is 11.2. The van der Waals surface area contributed by atoms with E-state index in [-0.39, 0.29) is 10.9 Å². The Balaban J connectivity index is 2.19. The first-order valence-corrected chi connectivity index (χ1v) is 8.17. The molecule has 3 nitrogen and oxygen atoms in total. The summed E-state index contributed by atoms with van der Waals surface area (Å²) in [7, 11) is -3.85. The van der Waals surface area contributed by atoms with Crippen LogP contribution in [0.4, 0.5) is 8.78 Å². The molecule has 1 aromatic carbocycles. The average molecular weight is 293 g/mol. The van der Waals surface area contributed by atoms with E-state index >= 15 is 0 Å². The molecule has 100 valence electrons. The molecule has 0 bridgehead atoms. The molecular weight excluding hydrogens is 280 g/mol. The molecule has 0 aliphatic carbocycles. The molecule has 1 aliphatic rings. The number of thioether (sulfide) groups is 1. The number of rotatable bonds is 3. The molecule has 1 aromatic rings. The Kier molecular flexibility index (Phi) is 4.24. The molecule has 7 heteroatoms. The smallest absolute Gasteiger partial charge is 0.207 e. The molecule has 0 saturated carbocycles. The molecule has 1 aliphatic heterocycles. The van der Waals surface area contributed by atoms with Crippen LogP contribution in [-0.2, 0) is 10.0 Å². The maximum atomic E-state index is 13.0. The van der Waals surface area contributed by atoms with Crippen LogP contribution in [0.5, 0.6) is 0 Å². The van der Waals surface area contributed by atoms with Crippen molar-refractivity contribution in [1.29, 1.82) is 0 Å². The molecule has 2 rings (SSSR count). The van der Waals surface area contributed by atoms with Crippen LogP contribution in [0.15, 0.2) is 23.1 Å². The number of nitrogens with one attached hydrogen (secondary N) is 1. The molecule has 18 heavy (non-hydrogen) atoms. The molecule has 0 aromatic heterocycles. The second-order valence-electron chi connectivity index (χ2n) is 4.14. The summed E-state index contributed by atoms with van der Waals surface area (Å²) in [4.78, 5) is -0.365. The topological polar surface area (TPSA) is 46.2 Å². The molecule has 0 amide bonds. The first kappa shape index (κ1) is 13.8. The highest BCUT2D eigenvalue weighted by molar-refractivity contribution is 7.99. The molecule has 0 spiro atoms. The predicted octanol–water partition coefficient (Wildman–Crippen LogP) is 2.14. The van der Waals surface area contributed by atoms with Crippen LogP contribution in [0.3, 0.4) is 0 Å². The molecule has 1 atom stereocenters. The highest BCUT2D eigenvalue weighted by atomic mass is 32.2. The number of benzene rings is 1. The Bertz CT molecular complexity index is 508. The Hall–Kier alpha value is -0.660. The maximum Gasteiger partial charge on any atom is 0.241 e. The monoisotopic (exact) mass is 293 g/mol. The van der Waals surface area contributed by atoms with Gasteiger partial charge in [-0.05, 0) is 30.7 Å². The van der Waals surface area contributed by atoms with Gasteiger partial charge in [0.25, 0.3) is 0 Å². The Morgan fingerprint density at radius 2 is 1.89 bits per heavy atom. The minimum atomic E-state index is -3.85. The van der Waals surface area contributed by atoms with E-state index in [0.29, 0.717) is 11.8 Å². The van der Waals surface area contributed by atoms with E-state index in [4.69, 9.17) is 0 Å². The van der Waals surface area contributed by atoms with Crippen molar-refractivity contribution in [3.8, 4) is 0 Å². The van der Waals surface area contributed by atoms with Gasteiger partial charge in [-0.15, -0.1) is 0 Å². The Labute approximate surface area is 109 Å². The normalized spacial score (nSPS) is 20.9. The van der Waals surface area contributed by atoms with Crippen LogP contribution in [0.1, 0.15) is 12.8 Å². The summed E-state index contributed by atoms with van der Waals surface area (Å²) in [5, 5.41) is 0. The standard InChI is InChI=1S/C11H13F2NO2S2/c12-8-4-9(13)6-11(5-8)18(15,16)14-10-2-1-3-17-7-10/h4-6,10,14H,1-3,7H2. The van der Waals surface area contributed by atoms with Crippen molar-refractivity contribution >= 4 is 21.8 Å². The van der Waals surface area contributed by atoms with Crippen LogP contribution in [0.2, 0.25) is 0 Å². The van der Waals surface area contributed by atoms with Gasteiger partial charge in [0, 0.05) is 17.9 Å². The minimum Gasteiger partial charge on any atom is -0.207 e. The maximum absolute atomic E-state index is 13.0. The lowest BCUT2D eigenvalue weighted by molar-refractivity contribution is 0.537. The summed E-state index contributed by atoms with van der Waals surface area (Å²) in [6, 6.07) is 2.12. The fourth-order valence-corrected chi connectivity index (χ4v) is 4.29. The van der Waals surface area contributed by atoms with Crippen molar-refractivity contribution in [3.63, 3.8) is 0 Å². The summed E-state index contributed by atoms with van der Waals surface area (Å²) in [6.07, 6.45) is 1.69. The number of halogens is 2. The van der Waals surface area contributed by atoms with E-state index in [0.717, 1.165) is 30.7 Å². The van der Waals surface area contributed by atoms with E-state index in [1.165, 1.54) is 0 Å². The molecule has 1 saturated heterocycles. The van der Waals surface area contributed by atoms with Gasteiger partial charge in [0.15, 0.2) is 0 Å². The summed E-state index contributed by atoms with van der Waals surface area (Å²) in [5.41, 5.74) is 0. The second-order valence-corrected chi connectivity index (χ2v) is 7.00. The molecule has 1 unspecified atom stereocenters. The van der Waals surface area contributed by atoms with Gasteiger partial charge >= 0.3 is 0 Å². The van der Waals surface area contributed by atoms with Gasteiger partial charge in [0.05, 0.1) is 4.90 Å². The average Bonchev–Trinajstić information content (AvgIpc) is 2.28. The van der Waals surface area contributed by atoms with Crippen LogP contribution >= 0.6 is 11.8 Å². The summed E-state index contributed by atoms with van der Waals surface area (Å²) >= 11 is 1.67. The van der Waals surface area contributed by atoms with Crippen molar-refractivity contribution in [2.45, 2.75) is 23.8 Å². The molecular formula is C11H13F2NO2S2. The molecule has 1 fully saturated rings. The largest absolute Gasteiger partial charge is 0.241 e. The zero-order valence-electron chi connectivity index (χ0n) is 9.53.